The van der Waals surface area contributed by atoms with Crippen molar-refractivity contribution >= 4 is 11.8 Å². The molecule has 0 radical (unpaired) electrons. The predicted octanol–water partition coefficient (Wildman–Crippen LogP) is 5.82. The highest BCUT2D eigenvalue weighted by atomic mass is 16.5. The summed E-state index contributed by atoms with van der Waals surface area (Å²) in [4.78, 5) is 33.4. The van der Waals surface area contributed by atoms with Crippen LogP contribution in [-0.2, 0) is 16.1 Å². The number of carbonyl (C=O) groups excluding carboxylic acids is 2. The van der Waals surface area contributed by atoms with Crippen LogP contribution in [0.25, 0.3) is 11.3 Å². The van der Waals surface area contributed by atoms with Crippen molar-refractivity contribution in [3.8, 4) is 11.3 Å². The molecule has 1 aliphatic rings. The van der Waals surface area contributed by atoms with Crippen molar-refractivity contribution in [2.75, 3.05) is 13.2 Å². The lowest BCUT2D eigenvalue weighted by Crippen LogP contribution is -2.42. The van der Waals surface area contributed by atoms with Gasteiger partial charge in [-0.3, -0.25) is 14.2 Å². The summed E-state index contributed by atoms with van der Waals surface area (Å²) in [7, 11) is 0. The van der Waals surface area contributed by atoms with E-state index < -0.39 is 0 Å². The lowest BCUT2D eigenvalue weighted by Gasteiger charge is -2.36. The molecule has 0 saturated carbocycles. The van der Waals surface area contributed by atoms with Crippen LogP contribution in [0.15, 0.2) is 60.8 Å². The molecule has 0 bridgehead atoms. The fourth-order valence-corrected chi connectivity index (χ4v) is 4.51. The van der Waals surface area contributed by atoms with E-state index in [1.54, 1.807) is 10.8 Å². The largest absolute Gasteiger partial charge is 0.367 e. The SMILES string of the molecule is CCC(C)C(=O)N1CCCCC1c1nc(-c2ccc(C)cc2)cn1C(=O)COCc1ccccc1. The minimum absolute atomic E-state index is 0.0551. The van der Waals surface area contributed by atoms with Crippen molar-refractivity contribution in [1.82, 2.24) is 14.5 Å². The van der Waals surface area contributed by atoms with Gasteiger partial charge in [0.15, 0.2) is 0 Å². The number of likely N-dealkylation sites (tertiary alicyclic amines) is 1. The van der Waals surface area contributed by atoms with E-state index in [1.165, 1.54) is 0 Å². The molecule has 1 amide bonds. The van der Waals surface area contributed by atoms with Gasteiger partial charge >= 0.3 is 0 Å². The first-order chi connectivity index (χ1) is 17.0. The van der Waals surface area contributed by atoms with Gasteiger partial charge < -0.3 is 9.64 Å². The summed E-state index contributed by atoms with van der Waals surface area (Å²) in [6.07, 6.45) is 5.36. The molecule has 35 heavy (non-hydrogen) atoms. The molecule has 2 atom stereocenters. The number of hydrogen-bond acceptors (Lipinski definition) is 4. The number of benzene rings is 2. The Bertz CT molecular complexity index is 1140. The average Bonchev–Trinajstić information content (AvgIpc) is 3.34. The topological polar surface area (TPSA) is 64.4 Å². The first-order valence-electron chi connectivity index (χ1n) is 12.6. The zero-order valence-corrected chi connectivity index (χ0v) is 20.9. The molecule has 1 saturated heterocycles. The Morgan fingerprint density at radius 2 is 1.83 bits per heavy atom. The van der Waals surface area contributed by atoms with Gasteiger partial charge in [0.1, 0.15) is 12.4 Å². The van der Waals surface area contributed by atoms with Crippen LogP contribution in [0.5, 0.6) is 0 Å². The Hall–Kier alpha value is -3.25. The predicted molar refractivity (Wildman–Crippen MR) is 137 cm³/mol. The number of imidazole rings is 1. The quantitative estimate of drug-likeness (QED) is 0.414. The summed E-state index contributed by atoms with van der Waals surface area (Å²) < 4.78 is 7.38. The number of piperidine rings is 1. The molecule has 1 aliphatic heterocycles. The van der Waals surface area contributed by atoms with Crippen molar-refractivity contribution < 1.29 is 14.3 Å². The van der Waals surface area contributed by atoms with Gasteiger partial charge in [0, 0.05) is 24.2 Å². The van der Waals surface area contributed by atoms with E-state index in [0.29, 0.717) is 19.0 Å². The molecule has 0 spiro atoms. The Balaban J connectivity index is 1.63. The molecule has 2 unspecified atom stereocenters. The maximum atomic E-state index is 13.4. The molecule has 1 aromatic heterocycles. The number of amides is 1. The van der Waals surface area contributed by atoms with Crippen LogP contribution in [0.4, 0.5) is 0 Å². The fourth-order valence-electron chi connectivity index (χ4n) is 4.51. The number of hydrogen-bond donors (Lipinski definition) is 0. The van der Waals surface area contributed by atoms with Crippen LogP contribution >= 0.6 is 0 Å². The molecule has 184 valence electrons. The molecular weight excluding hydrogens is 438 g/mol. The number of aryl methyl sites for hydroxylation is 1. The zero-order chi connectivity index (χ0) is 24.8. The van der Waals surface area contributed by atoms with Gasteiger partial charge in [0.05, 0.1) is 18.3 Å². The fraction of sp³-hybridized carbons (Fsp3) is 0.414. The standard InChI is InChI=1S/C29H35N3O3/c1-4-22(3)29(34)31-17-9-8-12-26(31)28-30-25(24-15-13-21(2)14-16-24)18-32(28)27(33)20-35-19-23-10-6-5-7-11-23/h5-7,10-11,13-16,18,22,26H,4,8-9,12,17,19-20H2,1-3H3. The number of nitrogens with zero attached hydrogens (tertiary/aromatic N) is 3. The van der Waals surface area contributed by atoms with E-state index in [-0.39, 0.29) is 30.4 Å². The van der Waals surface area contributed by atoms with Crippen molar-refractivity contribution in [3.63, 3.8) is 0 Å². The molecule has 0 N–H and O–H groups in total. The molecule has 6 nitrogen and oxygen atoms in total. The number of ether oxygens (including phenoxy) is 1. The van der Waals surface area contributed by atoms with Gasteiger partial charge in [-0.25, -0.2) is 4.98 Å². The van der Waals surface area contributed by atoms with Crippen LogP contribution in [0.1, 0.15) is 67.3 Å². The highest BCUT2D eigenvalue weighted by Crippen LogP contribution is 2.33. The maximum Gasteiger partial charge on any atom is 0.258 e. The summed E-state index contributed by atoms with van der Waals surface area (Å²) in [5.74, 6) is 0.533. The normalized spacial score (nSPS) is 16.8. The average molecular weight is 474 g/mol. The molecular formula is C29H35N3O3. The van der Waals surface area contributed by atoms with E-state index in [4.69, 9.17) is 9.72 Å². The molecule has 4 rings (SSSR count). The zero-order valence-electron chi connectivity index (χ0n) is 20.9. The van der Waals surface area contributed by atoms with Crippen molar-refractivity contribution in [1.29, 1.82) is 0 Å². The lowest BCUT2D eigenvalue weighted by molar-refractivity contribution is -0.139. The third-order valence-corrected chi connectivity index (χ3v) is 6.80. The van der Waals surface area contributed by atoms with Crippen molar-refractivity contribution in [2.24, 2.45) is 5.92 Å². The molecule has 6 heteroatoms. The smallest absolute Gasteiger partial charge is 0.258 e. The second kappa shape index (κ2) is 11.5. The van der Waals surface area contributed by atoms with E-state index in [9.17, 15) is 9.59 Å². The highest BCUT2D eigenvalue weighted by Gasteiger charge is 2.34. The molecule has 1 fully saturated rings. The highest BCUT2D eigenvalue weighted by molar-refractivity contribution is 5.83. The number of aromatic nitrogens is 2. The summed E-state index contributed by atoms with van der Waals surface area (Å²) in [6, 6.07) is 17.7. The summed E-state index contributed by atoms with van der Waals surface area (Å²) >= 11 is 0. The number of carbonyl (C=O) groups is 2. The Labute approximate surface area is 207 Å². The summed E-state index contributed by atoms with van der Waals surface area (Å²) in [6.45, 7) is 7.05. The third-order valence-electron chi connectivity index (χ3n) is 6.80. The van der Waals surface area contributed by atoms with Crippen LogP contribution in [-0.4, -0.2) is 39.4 Å². The van der Waals surface area contributed by atoms with E-state index in [0.717, 1.165) is 48.1 Å². The maximum absolute atomic E-state index is 13.4. The van der Waals surface area contributed by atoms with Gasteiger partial charge in [0.2, 0.25) is 5.91 Å². The lowest BCUT2D eigenvalue weighted by atomic mass is 9.98. The van der Waals surface area contributed by atoms with Gasteiger partial charge in [0.25, 0.3) is 5.91 Å². The summed E-state index contributed by atoms with van der Waals surface area (Å²) in [5.41, 5.74) is 3.86. The van der Waals surface area contributed by atoms with E-state index in [2.05, 4.69) is 0 Å². The van der Waals surface area contributed by atoms with Crippen LogP contribution < -0.4 is 0 Å². The molecule has 2 heterocycles. The van der Waals surface area contributed by atoms with Gasteiger partial charge in [-0.15, -0.1) is 0 Å². The van der Waals surface area contributed by atoms with Gasteiger partial charge in [-0.05, 0) is 38.2 Å². The van der Waals surface area contributed by atoms with Gasteiger partial charge in [-0.2, -0.15) is 0 Å². The minimum atomic E-state index is -0.220. The monoisotopic (exact) mass is 473 g/mol. The first-order valence-corrected chi connectivity index (χ1v) is 12.6. The van der Waals surface area contributed by atoms with E-state index >= 15 is 0 Å². The van der Waals surface area contributed by atoms with Crippen LogP contribution in [0.3, 0.4) is 0 Å². The van der Waals surface area contributed by atoms with Gasteiger partial charge in [-0.1, -0.05) is 74.0 Å². The third kappa shape index (κ3) is 5.88. The number of rotatable bonds is 8. The van der Waals surface area contributed by atoms with Crippen LogP contribution in [0.2, 0.25) is 0 Å². The Morgan fingerprint density at radius 3 is 2.54 bits per heavy atom. The van der Waals surface area contributed by atoms with Crippen molar-refractivity contribution in [2.45, 2.75) is 59.1 Å². The van der Waals surface area contributed by atoms with Crippen LogP contribution in [0, 0.1) is 12.8 Å². The Kier molecular flexibility index (Phi) is 8.13. The summed E-state index contributed by atoms with van der Waals surface area (Å²) in [5, 5.41) is 0. The van der Waals surface area contributed by atoms with Crippen molar-refractivity contribution in [3.05, 3.63) is 77.7 Å². The molecule has 3 aromatic rings. The molecule has 0 aliphatic carbocycles. The minimum Gasteiger partial charge on any atom is -0.367 e. The van der Waals surface area contributed by atoms with E-state index in [1.807, 2.05) is 80.3 Å². The Morgan fingerprint density at radius 1 is 1.09 bits per heavy atom. The second-order valence-corrected chi connectivity index (χ2v) is 9.45. The molecule has 2 aromatic carbocycles. The first kappa shape index (κ1) is 24.9. The second-order valence-electron chi connectivity index (χ2n) is 9.45.